The fourth-order valence-electron chi connectivity index (χ4n) is 3.53. The first-order valence-electron chi connectivity index (χ1n) is 7.96. The second-order valence-electron chi connectivity index (χ2n) is 6.31. The van der Waals surface area contributed by atoms with Crippen LogP contribution in [0, 0.1) is 6.92 Å². The van der Waals surface area contributed by atoms with Crippen molar-refractivity contribution in [2.24, 2.45) is 0 Å². The average Bonchev–Trinajstić information content (AvgIpc) is 2.75. The standard InChI is InChI=1S/C18H20ClNO3/c1-11-13(19)7-6-8-14(11)20-16(21)15-12(2)17(22)23-18(15)9-4-3-5-10-18/h6-8H,3-5,9-10H2,1-2H3,(H,20,21). The van der Waals surface area contributed by atoms with Crippen LogP contribution < -0.4 is 5.32 Å². The van der Waals surface area contributed by atoms with Gasteiger partial charge in [0.15, 0.2) is 0 Å². The van der Waals surface area contributed by atoms with Gasteiger partial charge in [-0.25, -0.2) is 4.79 Å². The normalized spacial score (nSPS) is 19.9. The third-order valence-electron chi connectivity index (χ3n) is 4.83. The highest BCUT2D eigenvalue weighted by Gasteiger charge is 2.49. The zero-order valence-corrected chi connectivity index (χ0v) is 14.1. The molecular formula is C18H20ClNO3. The number of nitrogens with one attached hydrogen (secondary N) is 1. The number of benzene rings is 1. The summed E-state index contributed by atoms with van der Waals surface area (Å²) in [4.78, 5) is 24.9. The van der Waals surface area contributed by atoms with Crippen molar-refractivity contribution < 1.29 is 14.3 Å². The lowest BCUT2D eigenvalue weighted by Crippen LogP contribution is -2.39. The van der Waals surface area contributed by atoms with Gasteiger partial charge in [-0.15, -0.1) is 0 Å². The maximum atomic E-state index is 12.9. The first-order valence-corrected chi connectivity index (χ1v) is 8.33. The molecule has 3 rings (SSSR count). The van der Waals surface area contributed by atoms with Crippen LogP contribution >= 0.6 is 11.6 Å². The summed E-state index contributed by atoms with van der Waals surface area (Å²) in [5, 5.41) is 3.50. The first-order chi connectivity index (χ1) is 10.9. The number of ether oxygens (including phenoxy) is 1. The lowest BCUT2D eigenvalue weighted by atomic mass is 9.78. The number of amides is 1. The van der Waals surface area contributed by atoms with E-state index in [0.29, 0.717) is 34.7 Å². The van der Waals surface area contributed by atoms with Gasteiger partial charge in [-0.1, -0.05) is 24.1 Å². The van der Waals surface area contributed by atoms with Gasteiger partial charge in [0.25, 0.3) is 5.91 Å². The maximum absolute atomic E-state index is 12.9. The number of carbonyl (C=O) groups excluding carboxylic acids is 2. The molecule has 1 aliphatic carbocycles. The smallest absolute Gasteiger partial charge is 0.335 e. The van der Waals surface area contributed by atoms with Gasteiger partial charge in [-0.2, -0.15) is 0 Å². The van der Waals surface area contributed by atoms with E-state index in [1.807, 2.05) is 6.92 Å². The summed E-state index contributed by atoms with van der Waals surface area (Å²) in [6.45, 7) is 3.53. The van der Waals surface area contributed by atoms with Crippen molar-refractivity contribution in [1.29, 1.82) is 0 Å². The Morgan fingerprint density at radius 2 is 1.91 bits per heavy atom. The fraction of sp³-hybridized carbons (Fsp3) is 0.444. The molecule has 0 bridgehead atoms. The van der Waals surface area contributed by atoms with E-state index >= 15 is 0 Å². The van der Waals surface area contributed by atoms with Crippen molar-refractivity contribution in [3.63, 3.8) is 0 Å². The molecule has 1 saturated carbocycles. The molecular weight excluding hydrogens is 314 g/mol. The van der Waals surface area contributed by atoms with E-state index < -0.39 is 5.60 Å². The lowest BCUT2D eigenvalue weighted by Gasteiger charge is -2.34. The Kier molecular flexibility index (Phi) is 4.19. The topological polar surface area (TPSA) is 55.4 Å². The second kappa shape index (κ2) is 6.00. The van der Waals surface area contributed by atoms with Gasteiger partial charge in [0.05, 0.1) is 5.57 Å². The summed E-state index contributed by atoms with van der Waals surface area (Å²) in [5.41, 5.74) is 1.64. The highest BCUT2D eigenvalue weighted by Crippen LogP contribution is 2.44. The van der Waals surface area contributed by atoms with Crippen molar-refractivity contribution in [3.8, 4) is 0 Å². The molecule has 0 atom stereocenters. The van der Waals surface area contributed by atoms with Crippen molar-refractivity contribution in [2.45, 2.75) is 51.6 Å². The highest BCUT2D eigenvalue weighted by atomic mass is 35.5. The molecule has 5 heteroatoms. The van der Waals surface area contributed by atoms with Crippen LogP contribution in [0.15, 0.2) is 29.3 Å². The van der Waals surface area contributed by atoms with Crippen LogP contribution in [0.1, 0.15) is 44.6 Å². The lowest BCUT2D eigenvalue weighted by molar-refractivity contribution is -0.149. The van der Waals surface area contributed by atoms with Crippen LogP contribution in [-0.4, -0.2) is 17.5 Å². The summed E-state index contributed by atoms with van der Waals surface area (Å²) in [7, 11) is 0. The molecule has 1 N–H and O–H groups in total. The van der Waals surface area contributed by atoms with Crippen molar-refractivity contribution in [1.82, 2.24) is 0 Å². The summed E-state index contributed by atoms with van der Waals surface area (Å²) >= 11 is 6.11. The van der Waals surface area contributed by atoms with Gasteiger partial charge < -0.3 is 10.1 Å². The predicted octanol–water partition coefficient (Wildman–Crippen LogP) is 4.16. The van der Waals surface area contributed by atoms with Crippen LogP contribution in [0.5, 0.6) is 0 Å². The minimum atomic E-state index is -0.740. The van der Waals surface area contributed by atoms with E-state index in [9.17, 15) is 9.59 Å². The molecule has 0 radical (unpaired) electrons. The molecule has 1 aromatic rings. The monoisotopic (exact) mass is 333 g/mol. The zero-order valence-electron chi connectivity index (χ0n) is 13.4. The Hall–Kier alpha value is -1.81. The number of hydrogen-bond donors (Lipinski definition) is 1. The third-order valence-corrected chi connectivity index (χ3v) is 5.24. The van der Waals surface area contributed by atoms with Gasteiger partial charge in [0.2, 0.25) is 0 Å². The second-order valence-corrected chi connectivity index (χ2v) is 6.72. The molecule has 122 valence electrons. The van der Waals surface area contributed by atoms with Gasteiger partial charge in [0.1, 0.15) is 5.60 Å². The van der Waals surface area contributed by atoms with Gasteiger partial charge in [-0.3, -0.25) is 4.79 Å². The third kappa shape index (κ3) is 2.76. The Bertz CT molecular complexity index is 702. The Morgan fingerprint density at radius 3 is 2.61 bits per heavy atom. The Morgan fingerprint density at radius 1 is 1.22 bits per heavy atom. The number of hydrogen-bond acceptors (Lipinski definition) is 3. The minimum Gasteiger partial charge on any atom is -0.451 e. The molecule has 2 aliphatic rings. The van der Waals surface area contributed by atoms with E-state index in [4.69, 9.17) is 16.3 Å². The molecule has 23 heavy (non-hydrogen) atoms. The van der Waals surface area contributed by atoms with Crippen LogP contribution in [0.3, 0.4) is 0 Å². The Balaban J connectivity index is 1.93. The predicted molar refractivity (Wildman–Crippen MR) is 89.4 cm³/mol. The molecule has 1 spiro atoms. The molecule has 0 saturated heterocycles. The SMILES string of the molecule is CC1=C(C(=O)Nc2cccc(Cl)c2C)C2(CCCCC2)OC1=O. The van der Waals surface area contributed by atoms with Gasteiger partial charge in [-0.05, 0) is 57.2 Å². The number of carbonyl (C=O) groups is 2. The molecule has 1 heterocycles. The van der Waals surface area contributed by atoms with Crippen LogP contribution in [0.2, 0.25) is 5.02 Å². The van der Waals surface area contributed by atoms with Crippen LogP contribution in [0.4, 0.5) is 5.69 Å². The summed E-state index contributed by atoms with van der Waals surface area (Å²) in [6.07, 6.45) is 4.47. The zero-order chi connectivity index (χ0) is 16.6. The van der Waals surface area contributed by atoms with Crippen molar-refractivity contribution in [3.05, 3.63) is 39.9 Å². The summed E-state index contributed by atoms with van der Waals surface area (Å²) < 4.78 is 5.63. The highest BCUT2D eigenvalue weighted by molar-refractivity contribution is 6.31. The number of esters is 1. The molecule has 1 aromatic carbocycles. The molecule has 1 fully saturated rings. The number of anilines is 1. The minimum absolute atomic E-state index is 0.263. The van der Waals surface area contributed by atoms with Crippen LogP contribution in [0.25, 0.3) is 0 Å². The average molecular weight is 334 g/mol. The van der Waals surface area contributed by atoms with E-state index in [1.54, 1.807) is 25.1 Å². The first kappa shape index (κ1) is 16.1. The van der Waals surface area contributed by atoms with Crippen molar-refractivity contribution >= 4 is 29.2 Å². The molecule has 1 aliphatic heterocycles. The van der Waals surface area contributed by atoms with Crippen molar-refractivity contribution in [2.75, 3.05) is 5.32 Å². The molecule has 0 unspecified atom stereocenters. The number of halogens is 1. The van der Waals surface area contributed by atoms with E-state index in [-0.39, 0.29) is 11.9 Å². The summed E-state index contributed by atoms with van der Waals surface area (Å²) in [5.74, 6) is -0.638. The van der Waals surface area contributed by atoms with E-state index in [2.05, 4.69) is 5.32 Å². The number of rotatable bonds is 2. The van der Waals surface area contributed by atoms with E-state index in [1.165, 1.54) is 0 Å². The molecule has 0 aromatic heterocycles. The largest absolute Gasteiger partial charge is 0.451 e. The van der Waals surface area contributed by atoms with Crippen LogP contribution in [-0.2, 0) is 14.3 Å². The van der Waals surface area contributed by atoms with Gasteiger partial charge in [0, 0.05) is 16.3 Å². The fourth-order valence-corrected chi connectivity index (χ4v) is 3.70. The summed E-state index contributed by atoms with van der Waals surface area (Å²) in [6, 6.07) is 5.38. The maximum Gasteiger partial charge on any atom is 0.335 e. The van der Waals surface area contributed by atoms with Gasteiger partial charge >= 0.3 is 5.97 Å². The molecule has 4 nitrogen and oxygen atoms in total. The Labute approximate surface area is 140 Å². The molecule has 1 amide bonds. The van der Waals surface area contributed by atoms with E-state index in [0.717, 1.165) is 24.8 Å². The quantitative estimate of drug-likeness (QED) is 0.827.